The number of hydrogen-bond donors (Lipinski definition) is 0. The maximum Gasteiger partial charge on any atom is 0.0541 e. The minimum Gasteiger partial charge on any atom is -0.309 e. The molecular formula is C51H35NS. The zero-order valence-corrected chi connectivity index (χ0v) is 30.4. The van der Waals surface area contributed by atoms with Crippen molar-refractivity contribution in [2.45, 2.75) is 19.3 Å². The number of nitrogens with zero attached hydrogens (tertiary/aromatic N) is 1. The first-order chi connectivity index (χ1) is 26.0. The molecule has 0 aliphatic heterocycles. The summed E-state index contributed by atoms with van der Waals surface area (Å²) in [6, 6.07) is 65.1. The summed E-state index contributed by atoms with van der Waals surface area (Å²) >= 11 is 1.91. The van der Waals surface area contributed by atoms with Crippen LogP contribution in [0.1, 0.15) is 25.0 Å². The number of thiophene rings is 1. The molecular weight excluding hydrogens is 659 g/mol. The summed E-state index contributed by atoms with van der Waals surface area (Å²) in [5.74, 6) is 0. The summed E-state index contributed by atoms with van der Waals surface area (Å²) < 4.78 is 5.14. The van der Waals surface area contributed by atoms with E-state index in [0.29, 0.717) is 0 Å². The monoisotopic (exact) mass is 693 g/mol. The smallest absolute Gasteiger partial charge is 0.0541 e. The molecule has 0 amide bonds. The Morgan fingerprint density at radius 2 is 0.962 bits per heavy atom. The summed E-state index contributed by atoms with van der Waals surface area (Å²) in [5.41, 5.74) is 16.5. The van der Waals surface area contributed by atoms with E-state index >= 15 is 0 Å². The number of fused-ring (bicyclic) bond motifs is 10. The van der Waals surface area contributed by atoms with Gasteiger partial charge in [-0.15, -0.1) is 11.3 Å². The van der Waals surface area contributed by atoms with Gasteiger partial charge in [0.2, 0.25) is 0 Å². The molecule has 0 fully saturated rings. The fraction of sp³-hybridized carbons (Fsp3) is 0.0588. The normalized spacial score (nSPS) is 13.2. The summed E-state index contributed by atoms with van der Waals surface area (Å²) in [5, 5.41) is 5.32. The average molecular weight is 694 g/mol. The van der Waals surface area contributed by atoms with Gasteiger partial charge >= 0.3 is 0 Å². The van der Waals surface area contributed by atoms with Crippen LogP contribution in [0.5, 0.6) is 0 Å². The number of aromatic nitrogens is 1. The third-order valence-corrected chi connectivity index (χ3v) is 12.7. The van der Waals surface area contributed by atoms with Crippen LogP contribution in [-0.4, -0.2) is 4.57 Å². The lowest BCUT2D eigenvalue weighted by atomic mass is 9.80. The molecule has 0 unspecified atom stereocenters. The predicted molar refractivity (Wildman–Crippen MR) is 228 cm³/mol. The molecule has 0 saturated heterocycles. The standard InChI is InChI=1S/C51H35NS/c1-51(2)44-25-21-36(29-41(44)39-24-28-48-49(50(39)51)40-15-9-10-16-47(40)53-48)37-23-27-46-43(31-37)42-30-35(22-26-45(42)52(46)38-13-7-4-8-14-38)34-19-17-33(18-20-34)32-11-5-3-6-12-32/h3-31H,1-2H3. The van der Waals surface area contributed by atoms with Crippen molar-refractivity contribution in [3.63, 3.8) is 0 Å². The molecule has 2 aromatic heterocycles. The molecule has 0 bridgehead atoms. The Balaban J connectivity index is 1.07. The molecule has 250 valence electrons. The van der Waals surface area contributed by atoms with Gasteiger partial charge in [0.05, 0.1) is 11.0 Å². The van der Waals surface area contributed by atoms with E-state index in [1.54, 1.807) is 0 Å². The van der Waals surface area contributed by atoms with Crippen LogP contribution in [-0.2, 0) is 5.41 Å². The second kappa shape index (κ2) is 11.4. The van der Waals surface area contributed by atoms with Gasteiger partial charge in [-0.25, -0.2) is 0 Å². The van der Waals surface area contributed by atoms with Crippen molar-refractivity contribution in [3.8, 4) is 50.2 Å². The molecule has 53 heavy (non-hydrogen) atoms. The van der Waals surface area contributed by atoms with E-state index in [4.69, 9.17) is 0 Å². The summed E-state index contributed by atoms with van der Waals surface area (Å²) in [6.45, 7) is 4.81. The highest BCUT2D eigenvalue weighted by atomic mass is 32.1. The van der Waals surface area contributed by atoms with Crippen LogP contribution in [0.4, 0.5) is 0 Å². The van der Waals surface area contributed by atoms with Crippen LogP contribution in [0.2, 0.25) is 0 Å². The van der Waals surface area contributed by atoms with E-state index in [1.165, 1.54) is 103 Å². The van der Waals surface area contributed by atoms with Gasteiger partial charge in [0.1, 0.15) is 0 Å². The minimum atomic E-state index is -0.0880. The second-order valence-electron chi connectivity index (χ2n) is 14.9. The van der Waals surface area contributed by atoms with Gasteiger partial charge in [0.15, 0.2) is 0 Å². The highest BCUT2D eigenvalue weighted by Crippen LogP contribution is 2.54. The molecule has 1 aliphatic carbocycles. The van der Waals surface area contributed by atoms with E-state index in [0.717, 1.165) is 0 Å². The highest BCUT2D eigenvalue weighted by Gasteiger charge is 2.38. The number of hydrogen-bond acceptors (Lipinski definition) is 1. The molecule has 11 rings (SSSR count). The van der Waals surface area contributed by atoms with Gasteiger partial charge in [-0.05, 0) is 110 Å². The van der Waals surface area contributed by atoms with Crippen LogP contribution < -0.4 is 0 Å². The van der Waals surface area contributed by atoms with Crippen molar-refractivity contribution < 1.29 is 0 Å². The molecule has 0 saturated carbocycles. The van der Waals surface area contributed by atoms with Gasteiger partial charge < -0.3 is 4.57 Å². The molecule has 0 atom stereocenters. The second-order valence-corrected chi connectivity index (χ2v) is 16.0. The molecule has 8 aromatic carbocycles. The van der Waals surface area contributed by atoms with Gasteiger partial charge in [0.25, 0.3) is 0 Å². The van der Waals surface area contributed by atoms with Crippen LogP contribution in [0.15, 0.2) is 176 Å². The lowest BCUT2D eigenvalue weighted by Crippen LogP contribution is -2.15. The zero-order chi connectivity index (χ0) is 35.3. The topological polar surface area (TPSA) is 4.93 Å². The van der Waals surface area contributed by atoms with Crippen molar-refractivity contribution >= 4 is 53.3 Å². The van der Waals surface area contributed by atoms with E-state index in [9.17, 15) is 0 Å². The average Bonchev–Trinajstić information content (AvgIpc) is 3.83. The first-order valence-electron chi connectivity index (χ1n) is 18.4. The number of benzene rings is 8. The fourth-order valence-corrected chi connectivity index (χ4v) is 10.2. The third-order valence-electron chi connectivity index (χ3n) is 11.6. The molecule has 10 aromatic rings. The number of para-hydroxylation sites is 1. The molecule has 2 heterocycles. The number of rotatable bonds is 4. The maximum absolute atomic E-state index is 2.45. The lowest BCUT2D eigenvalue weighted by molar-refractivity contribution is 0.667. The zero-order valence-electron chi connectivity index (χ0n) is 29.6. The van der Waals surface area contributed by atoms with E-state index < -0.39 is 0 Å². The molecule has 1 aliphatic rings. The van der Waals surface area contributed by atoms with Crippen molar-refractivity contribution in [1.29, 1.82) is 0 Å². The van der Waals surface area contributed by atoms with Crippen LogP contribution in [0.3, 0.4) is 0 Å². The Hall–Kier alpha value is -6.22. The van der Waals surface area contributed by atoms with Crippen molar-refractivity contribution in [2.75, 3.05) is 0 Å². The van der Waals surface area contributed by atoms with Gasteiger partial charge in [-0.2, -0.15) is 0 Å². The van der Waals surface area contributed by atoms with Crippen molar-refractivity contribution in [2.24, 2.45) is 0 Å². The third kappa shape index (κ3) is 4.56. The SMILES string of the molecule is CC1(C)c2ccc(-c3ccc4c(c3)c3cc(-c5ccc(-c6ccccc6)cc5)ccc3n4-c3ccccc3)cc2-c2ccc3sc4ccccc4c3c21. The highest BCUT2D eigenvalue weighted by molar-refractivity contribution is 7.25. The fourth-order valence-electron chi connectivity index (χ4n) is 9.04. The largest absolute Gasteiger partial charge is 0.309 e. The Morgan fingerprint density at radius 3 is 1.68 bits per heavy atom. The van der Waals surface area contributed by atoms with Crippen molar-refractivity contribution in [3.05, 3.63) is 187 Å². The maximum atomic E-state index is 2.45. The minimum absolute atomic E-state index is 0.0880. The summed E-state index contributed by atoms with van der Waals surface area (Å²) in [4.78, 5) is 0. The summed E-state index contributed by atoms with van der Waals surface area (Å²) in [6.07, 6.45) is 0. The molecule has 0 N–H and O–H groups in total. The predicted octanol–water partition coefficient (Wildman–Crippen LogP) is 14.5. The van der Waals surface area contributed by atoms with E-state index in [-0.39, 0.29) is 5.41 Å². The molecule has 0 radical (unpaired) electrons. The Labute approximate surface area is 313 Å². The Kier molecular flexibility index (Phi) is 6.53. The first kappa shape index (κ1) is 30.4. The van der Waals surface area contributed by atoms with E-state index in [2.05, 4.69) is 194 Å². The van der Waals surface area contributed by atoms with E-state index in [1.807, 2.05) is 11.3 Å². The Morgan fingerprint density at radius 1 is 0.415 bits per heavy atom. The summed E-state index contributed by atoms with van der Waals surface area (Å²) in [7, 11) is 0. The Bertz CT molecular complexity index is 3050. The molecule has 1 nitrogen and oxygen atoms in total. The van der Waals surface area contributed by atoms with Crippen LogP contribution >= 0.6 is 11.3 Å². The van der Waals surface area contributed by atoms with Gasteiger partial charge in [0, 0.05) is 42.0 Å². The molecule has 2 heteroatoms. The van der Waals surface area contributed by atoms with Crippen molar-refractivity contribution in [1.82, 2.24) is 4.57 Å². The molecule has 0 spiro atoms. The van der Waals surface area contributed by atoms with Gasteiger partial charge in [-0.1, -0.05) is 135 Å². The van der Waals surface area contributed by atoms with Gasteiger partial charge in [-0.3, -0.25) is 0 Å². The quantitative estimate of drug-likeness (QED) is 0.173. The lowest BCUT2D eigenvalue weighted by Gasteiger charge is -2.22. The van der Waals surface area contributed by atoms with Crippen LogP contribution in [0, 0.1) is 0 Å². The first-order valence-corrected chi connectivity index (χ1v) is 19.2. The van der Waals surface area contributed by atoms with Crippen LogP contribution in [0.25, 0.3) is 92.2 Å².